The zero-order valence-electron chi connectivity index (χ0n) is 9.97. The molecule has 2 rings (SSSR count). The molecule has 0 spiro atoms. The molecule has 0 aliphatic heterocycles. The topological polar surface area (TPSA) is 75.2 Å². The van der Waals surface area contributed by atoms with Gasteiger partial charge < -0.3 is 15.2 Å². The van der Waals surface area contributed by atoms with E-state index in [9.17, 15) is 0 Å². The molecule has 0 unspecified atom stereocenters. The Kier molecular flexibility index (Phi) is 2.86. The Labute approximate surface area is 99.0 Å². The van der Waals surface area contributed by atoms with Crippen LogP contribution in [0.3, 0.4) is 0 Å². The van der Waals surface area contributed by atoms with Crippen LogP contribution in [0.2, 0.25) is 0 Å². The smallest absolute Gasteiger partial charge is 0.218 e. The van der Waals surface area contributed by atoms with E-state index in [4.69, 9.17) is 15.2 Å². The molecular formula is C11H14N4O2. The largest absolute Gasteiger partial charge is 0.493 e. The molecule has 0 fully saturated rings. The molecule has 2 aromatic rings. The van der Waals surface area contributed by atoms with Crippen LogP contribution < -0.4 is 15.2 Å². The van der Waals surface area contributed by atoms with E-state index in [2.05, 4.69) is 10.1 Å². The molecule has 0 saturated carbocycles. The van der Waals surface area contributed by atoms with Crippen molar-refractivity contribution in [1.29, 1.82) is 0 Å². The number of nitrogens with two attached hydrogens (primary N) is 1. The molecule has 0 amide bonds. The van der Waals surface area contributed by atoms with Crippen molar-refractivity contribution in [3.8, 4) is 22.9 Å². The number of anilines is 1. The van der Waals surface area contributed by atoms with Gasteiger partial charge in [-0.3, -0.25) is 0 Å². The average Bonchev–Trinajstić information content (AvgIpc) is 2.68. The number of benzene rings is 1. The summed E-state index contributed by atoms with van der Waals surface area (Å²) in [5.41, 5.74) is 6.41. The summed E-state index contributed by atoms with van der Waals surface area (Å²) in [6, 6.07) is 5.52. The highest BCUT2D eigenvalue weighted by atomic mass is 16.5. The summed E-state index contributed by atoms with van der Waals surface area (Å²) in [6.07, 6.45) is 0. The van der Waals surface area contributed by atoms with E-state index in [0.717, 1.165) is 5.56 Å². The fraction of sp³-hybridized carbons (Fsp3) is 0.273. The van der Waals surface area contributed by atoms with Gasteiger partial charge in [-0.25, -0.2) is 4.68 Å². The Hall–Kier alpha value is -2.24. The molecule has 0 saturated heterocycles. The molecule has 6 nitrogen and oxygen atoms in total. The van der Waals surface area contributed by atoms with Crippen molar-refractivity contribution in [3.63, 3.8) is 0 Å². The van der Waals surface area contributed by atoms with E-state index < -0.39 is 0 Å². The van der Waals surface area contributed by atoms with Gasteiger partial charge in [0.1, 0.15) is 0 Å². The molecule has 0 aliphatic rings. The Bertz CT molecular complexity index is 517. The van der Waals surface area contributed by atoms with Gasteiger partial charge >= 0.3 is 0 Å². The predicted octanol–water partition coefficient (Wildman–Crippen LogP) is 1.08. The van der Waals surface area contributed by atoms with Gasteiger partial charge in [0.15, 0.2) is 17.3 Å². The standard InChI is InChI=1S/C11H14N4O2/c1-15-11(12)13-10(14-15)7-5-4-6-8(16-2)9(7)17-3/h4-6H,1-3H3,(H2,12,13,14). The number of nitrogens with zero attached hydrogens (tertiary/aromatic N) is 3. The number of hydrogen-bond acceptors (Lipinski definition) is 5. The first-order valence-electron chi connectivity index (χ1n) is 5.05. The molecule has 0 bridgehead atoms. The number of ether oxygens (including phenoxy) is 2. The Morgan fingerprint density at radius 2 is 2.00 bits per heavy atom. The van der Waals surface area contributed by atoms with E-state index in [-0.39, 0.29) is 0 Å². The highest BCUT2D eigenvalue weighted by Gasteiger charge is 2.15. The van der Waals surface area contributed by atoms with Gasteiger partial charge in [-0.15, -0.1) is 5.10 Å². The van der Waals surface area contributed by atoms with Crippen molar-refractivity contribution in [2.75, 3.05) is 20.0 Å². The van der Waals surface area contributed by atoms with Crippen LogP contribution in [0.15, 0.2) is 18.2 Å². The molecule has 2 N–H and O–H groups in total. The summed E-state index contributed by atoms with van der Waals surface area (Å²) < 4.78 is 12.0. The van der Waals surface area contributed by atoms with Gasteiger partial charge in [0.2, 0.25) is 5.95 Å². The second kappa shape index (κ2) is 4.32. The first kappa shape index (κ1) is 11.3. The monoisotopic (exact) mass is 234 g/mol. The minimum atomic E-state index is 0.352. The quantitative estimate of drug-likeness (QED) is 0.860. The highest BCUT2D eigenvalue weighted by molar-refractivity contribution is 5.69. The molecule has 1 heterocycles. The lowest BCUT2D eigenvalue weighted by Gasteiger charge is -2.09. The van der Waals surface area contributed by atoms with Crippen LogP contribution in [-0.4, -0.2) is 29.0 Å². The molecular weight excluding hydrogens is 220 g/mol. The Balaban J connectivity index is 2.58. The molecule has 0 aliphatic carbocycles. The molecule has 1 aromatic carbocycles. The maximum Gasteiger partial charge on any atom is 0.218 e. The normalized spacial score (nSPS) is 10.3. The third-order valence-corrected chi connectivity index (χ3v) is 2.44. The van der Waals surface area contributed by atoms with Crippen LogP contribution in [0, 0.1) is 0 Å². The first-order chi connectivity index (χ1) is 8.17. The lowest BCUT2D eigenvalue weighted by atomic mass is 10.2. The van der Waals surface area contributed by atoms with Crippen LogP contribution in [0.5, 0.6) is 11.5 Å². The minimum absolute atomic E-state index is 0.352. The SMILES string of the molecule is COc1cccc(-c2nc(N)n(C)n2)c1OC. The number of aryl methyl sites for hydroxylation is 1. The van der Waals surface area contributed by atoms with E-state index in [1.54, 1.807) is 21.3 Å². The second-order valence-corrected chi connectivity index (χ2v) is 3.46. The maximum atomic E-state index is 5.66. The van der Waals surface area contributed by atoms with Gasteiger partial charge in [-0.05, 0) is 12.1 Å². The fourth-order valence-corrected chi connectivity index (χ4v) is 1.57. The molecule has 0 radical (unpaired) electrons. The number of rotatable bonds is 3. The summed E-state index contributed by atoms with van der Waals surface area (Å²) >= 11 is 0. The highest BCUT2D eigenvalue weighted by Crippen LogP contribution is 2.36. The average molecular weight is 234 g/mol. The summed E-state index contributed by atoms with van der Waals surface area (Å²) in [5, 5.41) is 4.21. The predicted molar refractivity (Wildman–Crippen MR) is 64.0 cm³/mol. The molecule has 6 heteroatoms. The lowest BCUT2D eigenvalue weighted by molar-refractivity contribution is 0.356. The summed E-state index contributed by atoms with van der Waals surface area (Å²) in [5.74, 6) is 2.10. The number of hydrogen-bond donors (Lipinski definition) is 1. The van der Waals surface area contributed by atoms with E-state index in [1.165, 1.54) is 4.68 Å². The number of methoxy groups -OCH3 is 2. The van der Waals surface area contributed by atoms with Crippen molar-refractivity contribution in [2.24, 2.45) is 7.05 Å². The van der Waals surface area contributed by atoms with Gasteiger partial charge in [-0.2, -0.15) is 4.98 Å². The van der Waals surface area contributed by atoms with Crippen molar-refractivity contribution < 1.29 is 9.47 Å². The number of aromatic nitrogens is 3. The molecule has 0 atom stereocenters. The fourth-order valence-electron chi connectivity index (χ4n) is 1.57. The zero-order chi connectivity index (χ0) is 12.4. The van der Waals surface area contributed by atoms with Gasteiger partial charge in [0, 0.05) is 7.05 Å². The minimum Gasteiger partial charge on any atom is -0.493 e. The lowest BCUT2D eigenvalue weighted by Crippen LogP contribution is -1.97. The van der Waals surface area contributed by atoms with Crippen molar-refractivity contribution in [1.82, 2.24) is 14.8 Å². The van der Waals surface area contributed by atoms with E-state index >= 15 is 0 Å². The molecule has 1 aromatic heterocycles. The van der Waals surface area contributed by atoms with Gasteiger partial charge in [-0.1, -0.05) is 6.07 Å². The van der Waals surface area contributed by atoms with E-state index in [0.29, 0.717) is 23.3 Å². The van der Waals surface area contributed by atoms with Gasteiger partial charge in [0.05, 0.1) is 19.8 Å². The van der Waals surface area contributed by atoms with Crippen molar-refractivity contribution in [3.05, 3.63) is 18.2 Å². The molecule has 90 valence electrons. The van der Waals surface area contributed by atoms with E-state index in [1.807, 2.05) is 18.2 Å². The summed E-state index contributed by atoms with van der Waals surface area (Å²) in [7, 11) is 4.90. The Morgan fingerprint density at radius 1 is 1.24 bits per heavy atom. The van der Waals surface area contributed by atoms with Crippen molar-refractivity contribution in [2.45, 2.75) is 0 Å². The maximum absolute atomic E-state index is 5.66. The Morgan fingerprint density at radius 3 is 2.53 bits per heavy atom. The first-order valence-corrected chi connectivity index (χ1v) is 5.05. The third-order valence-electron chi connectivity index (χ3n) is 2.44. The number of nitrogen functional groups attached to an aromatic ring is 1. The summed E-state index contributed by atoms with van der Waals surface area (Å²) in [4.78, 5) is 4.16. The van der Waals surface area contributed by atoms with Crippen LogP contribution in [0.25, 0.3) is 11.4 Å². The van der Waals surface area contributed by atoms with Gasteiger partial charge in [0.25, 0.3) is 0 Å². The van der Waals surface area contributed by atoms with Crippen LogP contribution in [0.1, 0.15) is 0 Å². The van der Waals surface area contributed by atoms with Crippen LogP contribution in [-0.2, 0) is 7.05 Å². The van der Waals surface area contributed by atoms with Crippen LogP contribution >= 0.6 is 0 Å². The van der Waals surface area contributed by atoms with Crippen LogP contribution in [0.4, 0.5) is 5.95 Å². The summed E-state index contributed by atoms with van der Waals surface area (Å²) in [6.45, 7) is 0. The third kappa shape index (κ3) is 1.89. The van der Waals surface area contributed by atoms with Crippen molar-refractivity contribution >= 4 is 5.95 Å². The second-order valence-electron chi connectivity index (χ2n) is 3.46. The zero-order valence-corrected chi connectivity index (χ0v) is 9.97. The molecule has 17 heavy (non-hydrogen) atoms. The number of para-hydroxylation sites is 1.